The van der Waals surface area contributed by atoms with Crippen LogP contribution in [0.4, 0.5) is 5.69 Å². The van der Waals surface area contributed by atoms with E-state index in [0.29, 0.717) is 37.5 Å². The molecule has 0 aromatic heterocycles. The first-order valence-electron chi connectivity index (χ1n) is 10.7. The van der Waals surface area contributed by atoms with Gasteiger partial charge in [-0.15, -0.1) is 0 Å². The van der Waals surface area contributed by atoms with E-state index < -0.39 is 10.0 Å². The van der Waals surface area contributed by atoms with Gasteiger partial charge in [-0.2, -0.15) is 4.31 Å². The monoisotopic (exact) mass is 457 g/mol. The molecule has 2 aromatic carbocycles. The third-order valence-electron chi connectivity index (χ3n) is 5.88. The second kappa shape index (κ2) is 9.30. The fourth-order valence-electron chi connectivity index (χ4n) is 4.13. The van der Waals surface area contributed by atoms with Gasteiger partial charge >= 0.3 is 0 Å². The summed E-state index contributed by atoms with van der Waals surface area (Å²) < 4.78 is 32.5. The van der Waals surface area contributed by atoms with E-state index in [4.69, 9.17) is 4.74 Å². The molecule has 0 bridgehead atoms. The summed E-state index contributed by atoms with van der Waals surface area (Å²) in [5.41, 5.74) is 2.25. The summed E-state index contributed by atoms with van der Waals surface area (Å²) in [6.45, 7) is 1.28. The van der Waals surface area contributed by atoms with E-state index in [1.165, 1.54) is 15.3 Å². The Morgan fingerprint density at radius 1 is 1.09 bits per heavy atom. The Hall–Kier alpha value is -2.91. The SMILES string of the molecule is COc1cccc(CNC(=O)CN2C(=O)CCc3cc(S(=O)(=O)N4CCCC4)ccc32)c1. The molecule has 2 aliphatic heterocycles. The molecule has 0 saturated carbocycles. The predicted molar refractivity (Wildman–Crippen MR) is 120 cm³/mol. The molecule has 0 unspecified atom stereocenters. The van der Waals surface area contributed by atoms with Crippen molar-refractivity contribution in [3.63, 3.8) is 0 Å². The Kier molecular flexibility index (Phi) is 6.48. The van der Waals surface area contributed by atoms with E-state index in [-0.39, 0.29) is 29.7 Å². The molecule has 4 rings (SSSR count). The molecule has 2 heterocycles. The van der Waals surface area contributed by atoms with Crippen molar-refractivity contribution in [2.45, 2.75) is 37.1 Å². The largest absolute Gasteiger partial charge is 0.497 e. The standard InChI is InChI=1S/C23H27N3O5S/c1-31-19-6-4-5-17(13-19)15-24-22(27)16-26-21-9-8-20(14-18(21)7-10-23(26)28)32(29,30)25-11-2-3-12-25/h4-6,8-9,13-14H,2-3,7,10-12,15-16H2,1H3,(H,24,27). The van der Waals surface area contributed by atoms with Gasteiger partial charge in [-0.25, -0.2) is 8.42 Å². The Labute approximate surface area is 188 Å². The molecule has 1 saturated heterocycles. The van der Waals surface area contributed by atoms with Crippen LogP contribution in [0.1, 0.15) is 30.4 Å². The van der Waals surface area contributed by atoms with Crippen LogP contribution in [0.2, 0.25) is 0 Å². The maximum atomic E-state index is 12.9. The molecule has 2 aliphatic rings. The Bertz CT molecular complexity index is 1130. The van der Waals surface area contributed by atoms with Crippen LogP contribution in [-0.4, -0.2) is 51.3 Å². The maximum Gasteiger partial charge on any atom is 0.243 e. The van der Waals surface area contributed by atoms with Crippen molar-refractivity contribution in [3.05, 3.63) is 53.6 Å². The normalized spacial score (nSPS) is 16.7. The molecule has 32 heavy (non-hydrogen) atoms. The number of methoxy groups -OCH3 is 1. The number of carbonyl (C=O) groups excluding carboxylic acids is 2. The number of nitrogens with one attached hydrogen (secondary N) is 1. The van der Waals surface area contributed by atoms with Crippen LogP contribution in [0.15, 0.2) is 47.4 Å². The Morgan fingerprint density at radius 3 is 2.62 bits per heavy atom. The minimum absolute atomic E-state index is 0.117. The van der Waals surface area contributed by atoms with Gasteiger partial charge in [0, 0.05) is 31.7 Å². The number of ether oxygens (including phenoxy) is 1. The first-order chi connectivity index (χ1) is 15.4. The second-order valence-corrected chi connectivity index (χ2v) is 9.95. The smallest absolute Gasteiger partial charge is 0.243 e. The number of nitrogens with zero attached hydrogens (tertiary/aromatic N) is 2. The topological polar surface area (TPSA) is 96.0 Å². The third kappa shape index (κ3) is 4.63. The van der Waals surface area contributed by atoms with Crippen LogP contribution < -0.4 is 15.0 Å². The van der Waals surface area contributed by atoms with Gasteiger partial charge in [0.15, 0.2) is 0 Å². The summed E-state index contributed by atoms with van der Waals surface area (Å²) in [6.07, 6.45) is 2.44. The fourth-order valence-corrected chi connectivity index (χ4v) is 5.70. The van der Waals surface area contributed by atoms with E-state index in [0.717, 1.165) is 24.0 Å². The summed E-state index contributed by atoms with van der Waals surface area (Å²) in [4.78, 5) is 26.8. The average Bonchev–Trinajstić information content (AvgIpc) is 3.35. The van der Waals surface area contributed by atoms with E-state index in [1.54, 1.807) is 19.2 Å². The molecular formula is C23H27N3O5S. The maximum absolute atomic E-state index is 12.9. The number of fused-ring (bicyclic) bond motifs is 1. The third-order valence-corrected chi connectivity index (χ3v) is 7.77. The average molecular weight is 458 g/mol. The zero-order valence-electron chi connectivity index (χ0n) is 18.0. The van der Waals surface area contributed by atoms with Crippen molar-refractivity contribution in [1.29, 1.82) is 0 Å². The molecule has 8 nitrogen and oxygen atoms in total. The molecule has 2 amide bonds. The number of aryl methyl sites for hydroxylation is 1. The molecule has 0 atom stereocenters. The predicted octanol–water partition coefficient (Wildman–Crippen LogP) is 2.08. The Morgan fingerprint density at radius 2 is 1.88 bits per heavy atom. The highest BCUT2D eigenvalue weighted by atomic mass is 32.2. The van der Waals surface area contributed by atoms with Gasteiger partial charge in [0.05, 0.1) is 12.0 Å². The summed E-state index contributed by atoms with van der Waals surface area (Å²) in [5, 5.41) is 2.83. The van der Waals surface area contributed by atoms with Crippen molar-refractivity contribution < 1.29 is 22.7 Å². The second-order valence-electron chi connectivity index (χ2n) is 8.01. The molecule has 1 N–H and O–H groups in total. The first kappa shape index (κ1) is 22.3. The van der Waals surface area contributed by atoms with Crippen molar-refractivity contribution in [2.24, 2.45) is 0 Å². The van der Waals surface area contributed by atoms with Crippen molar-refractivity contribution in [2.75, 3.05) is 31.6 Å². The molecule has 0 radical (unpaired) electrons. The lowest BCUT2D eigenvalue weighted by Crippen LogP contribution is -2.43. The van der Waals surface area contributed by atoms with E-state index in [2.05, 4.69) is 5.32 Å². The van der Waals surface area contributed by atoms with Gasteiger partial charge < -0.3 is 15.0 Å². The van der Waals surface area contributed by atoms with E-state index in [1.807, 2.05) is 24.3 Å². The lowest BCUT2D eigenvalue weighted by Gasteiger charge is -2.29. The molecule has 0 spiro atoms. The molecular weight excluding hydrogens is 430 g/mol. The summed E-state index contributed by atoms with van der Waals surface area (Å²) >= 11 is 0. The minimum atomic E-state index is -3.53. The minimum Gasteiger partial charge on any atom is -0.497 e. The van der Waals surface area contributed by atoms with Crippen LogP contribution >= 0.6 is 0 Å². The van der Waals surface area contributed by atoms with Gasteiger partial charge in [0.25, 0.3) is 0 Å². The summed E-state index contributed by atoms with van der Waals surface area (Å²) in [6, 6.07) is 12.2. The number of hydrogen-bond donors (Lipinski definition) is 1. The molecule has 0 aliphatic carbocycles. The molecule has 170 valence electrons. The summed E-state index contributed by atoms with van der Waals surface area (Å²) in [7, 11) is -1.95. The number of carbonyl (C=O) groups is 2. The van der Waals surface area contributed by atoms with Gasteiger partial charge in [-0.05, 0) is 60.7 Å². The Balaban J connectivity index is 1.47. The highest BCUT2D eigenvalue weighted by Crippen LogP contribution is 2.31. The van der Waals surface area contributed by atoms with Crippen LogP contribution in [0.25, 0.3) is 0 Å². The number of amides is 2. The fraction of sp³-hybridized carbons (Fsp3) is 0.391. The zero-order valence-corrected chi connectivity index (χ0v) is 18.9. The first-order valence-corrected chi connectivity index (χ1v) is 12.2. The van der Waals surface area contributed by atoms with Gasteiger partial charge in [-0.1, -0.05) is 12.1 Å². The number of anilines is 1. The molecule has 2 aromatic rings. The number of sulfonamides is 1. The number of hydrogen-bond acceptors (Lipinski definition) is 5. The zero-order chi connectivity index (χ0) is 22.7. The molecule has 9 heteroatoms. The van der Waals surface area contributed by atoms with Crippen molar-refractivity contribution in [3.8, 4) is 5.75 Å². The van der Waals surface area contributed by atoms with Crippen LogP contribution in [0.3, 0.4) is 0 Å². The number of benzene rings is 2. The summed E-state index contributed by atoms with van der Waals surface area (Å²) in [5.74, 6) is 0.267. The van der Waals surface area contributed by atoms with E-state index in [9.17, 15) is 18.0 Å². The number of rotatable bonds is 7. The highest BCUT2D eigenvalue weighted by molar-refractivity contribution is 7.89. The quantitative estimate of drug-likeness (QED) is 0.687. The lowest BCUT2D eigenvalue weighted by molar-refractivity contribution is -0.124. The van der Waals surface area contributed by atoms with Crippen LogP contribution in [-0.2, 0) is 32.6 Å². The van der Waals surface area contributed by atoms with Gasteiger partial charge in [0.2, 0.25) is 21.8 Å². The van der Waals surface area contributed by atoms with Crippen LogP contribution in [0.5, 0.6) is 5.75 Å². The van der Waals surface area contributed by atoms with Gasteiger partial charge in [-0.3, -0.25) is 9.59 Å². The van der Waals surface area contributed by atoms with E-state index >= 15 is 0 Å². The molecule has 1 fully saturated rings. The highest BCUT2D eigenvalue weighted by Gasteiger charge is 2.31. The van der Waals surface area contributed by atoms with Crippen LogP contribution in [0, 0.1) is 0 Å². The lowest BCUT2D eigenvalue weighted by atomic mass is 10.0. The van der Waals surface area contributed by atoms with Gasteiger partial charge in [0.1, 0.15) is 12.3 Å². The van der Waals surface area contributed by atoms with Crippen molar-refractivity contribution in [1.82, 2.24) is 9.62 Å². The van der Waals surface area contributed by atoms with Crippen molar-refractivity contribution >= 4 is 27.5 Å².